The van der Waals surface area contributed by atoms with Crippen LogP contribution < -0.4 is 0 Å². The van der Waals surface area contributed by atoms with E-state index in [2.05, 4.69) is 15.1 Å². The first-order valence-electron chi connectivity index (χ1n) is 20.6. The normalized spacial score (nSPS) is 36.7. The number of aryl methyl sites for hydroxylation is 1. The zero-order chi connectivity index (χ0) is 42.7. The minimum Gasteiger partial charge on any atom is -0.458 e. The summed E-state index contributed by atoms with van der Waals surface area (Å²) in [5.41, 5.74) is -1.88. The number of hydrogen-bond acceptors (Lipinski definition) is 14. The topological polar surface area (TPSA) is 185 Å². The third-order valence-corrected chi connectivity index (χ3v) is 12.7. The number of fused-ring (bicyclic) bond motifs is 1. The van der Waals surface area contributed by atoms with E-state index in [4.69, 9.17) is 23.7 Å². The van der Waals surface area contributed by atoms with Gasteiger partial charge >= 0.3 is 12.1 Å². The van der Waals surface area contributed by atoms with Crippen LogP contribution in [0.5, 0.6) is 0 Å². The zero-order valence-corrected chi connectivity index (χ0v) is 36.0. The van der Waals surface area contributed by atoms with Crippen LogP contribution in [0.25, 0.3) is 11.4 Å². The fourth-order valence-electron chi connectivity index (χ4n) is 9.29. The SMILES string of the molecule is CCC1OC(=O)[C@H](C)C(=O)[C@H](C)[C@@H](O[C@@H]2O[C@H](C)C[C@H](N(C)C)[C@H]2O)[C@](C)(OC)C[C@@H](C)C(=O)[C@H](C)[C@H]2N(CCCCn3cnc(-c4cccnc4)n3)C(=O)O[C@]12C. The molecule has 16 nitrogen and oxygen atoms in total. The van der Waals surface area contributed by atoms with Gasteiger partial charge < -0.3 is 38.6 Å². The van der Waals surface area contributed by atoms with E-state index in [9.17, 15) is 24.3 Å². The van der Waals surface area contributed by atoms with E-state index >= 15 is 0 Å². The summed E-state index contributed by atoms with van der Waals surface area (Å²) in [6.07, 6.45) is 2.13. The van der Waals surface area contributed by atoms with Gasteiger partial charge in [0.25, 0.3) is 0 Å². The quantitative estimate of drug-likeness (QED) is 0.192. The number of carbonyl (C=O) groups is 4. The van der Waals surface area contributed by atoms with E-state index < -0.39 is 83.4 Å². The molecule has 3 aliphatic rings. The molecule has 1 amide bonds. The molecule has 58 heavy (non-hydrogen) atoms. The Kier molecular flexibility index (Phi) is 14.5. The Morgan fingerprint density at radius 3 is 2.36 bits per heavy atom. The highest BCUT2D eigenvalue weighted by molar-refractivity contribution is 6.00. The van der Waals surface area contributed by atoms with Crippen molar-refractivity contribution < 1.29 is 48.0 Å². The van der Waals surface area contributed by atoms with Gasteiger partial charge in [0.1, 0.15) is 30.2 Å². The maximum Gasteiger partial charge on any atom is 0.410 e. The highest BCUT2D eigenvalue weighted by Gasteiger charge is 2.60. The van der Waals surface area contributed by atoms with Crippen LogP contribution in [-0.4, -0.2) is 140 Å². The fraction of sp³-hybridized carbons (Fsp3) is 0.738. The number of amides is 1. The van der Waals surface area contributed by atoms with Crippen molar-refractivity contribution in [3.8, 4) is 11.4 Å². The van der Waals surface area contributed by atoms with E-state index in [0.29, 0.717) is 31.6 Å². The third kappa shape index (κ3) is 9.30. The molecule has 0 bridgehead atoms. The number of aromatic nitrogens is 4. The number of esters is 1. The van der Waals surface area contributed by atoms with Crippen molar-refractivity contribution in [1.82, 2.24) is 29.5 Å². The number of likely N-dealkylation sites (N-methyl/N-ethyl adjacent to an activating group) is 1. The summed E-state index contributed by atoms with van der Waals surface area (Å²) >= 11 is 0. The van der Waals surface area contributed by atoms with Crippen molar-refractivity contribution in [2.45, 2.75) is 148 Å². The maximum absolute atomic E-state index is 14.7. The van der Waals surface area contributed by atoms with Crippen molar-refractivity contribution in [3.05, 3.63) is 30.9 Å². The largest absolute Gasteiger partial charge is 0.458 e. The van der Waals surface area contributed by atoms with Gasteiger partial charge in [-0.05, 0) is 86.0 Å². The van der Waals surface area contributed by atoms with E-state index in [1.54, 1.807) is 62.9 Å². The van der Waals surface area contributed by atoms with E-state index in [0.717, 1.165) is 5.56 Å². The Bertz CT molecular complexity index is 1740. The van der Waals surface area contributed by atoms with Gasteiger partial charge in [0.05, 0.1) is 23.9 Å². The first-order valence-corrected chi connectivity index (χ1v) is 20.6. The lowest BCUT2D eigenvalue weighted by atomic mass is 9.73. The molecule has 0 aliphatic carbocycles. The van der Waals surface area contributed by atoms with Gasteiger partial charge in [-0.15, -0.1) is 0 Å². The average Bonchev–Trinajstić information content (AvgIpc) is 3.78. The van der Waals surface area contributed by atoms with Crippen LogP contribution in [0.2, 0.25) is 0 Å². The molecule has 5 rings (SSSR count). The molecule has 2 aromatic heterocycles. The molecule has 5 heterocycles. The Morgan fingerprint density at radius 1 is 1.02 bits per heavy atom. The molecule has 322 valence electrons. The Labute approximate surface area is 342 Å². The summed E-state index contributed by atoms with van der Waals surface area (Å²) in [6.45, 7) is 14.7. The Balaban J connectivity index is 1.43. The number of unbranched alkanes of at least 4 members (excludes halogenated alkanes) is 1. The number of hydrogen-bond donors (Lipinski definition) is 1. The Hall–Kier alpha value is -3.83. The molecule has 1 unspecified atom stereocenters. The second-order valence-electron chi connectivity index (χ2n) is 17.2. The molecular weight excluding hydrogens is 748 g/mol. The molecule has 16 heteroatoms. The predicted octanol–water partition coefficient (Wildman–Crippen LogP) is 4.32. The lowest BCUT2D eigenvalue weighted by molar-refractivity contribution is -0.295. The minimum atomic E-state index is -1.41. The molecule has 3 aliphatic heterocycles. The first-order chi connectivity index (χ1) is 27.4. The molecule has 2 aromatic rings. The van der Waals surface area contributed by atoms with E-state index in [1.165, 1.54) is 14.0 Å². The monoisotopic (exact) mass is 812 g/mol. The second-order valence-corrected chi connectivity index (χ2v) is 17.2. The van der Waals surface area contributed by atoms with Crippen molar-refractivity contribution in [2.24, 2.45) is 23.7 Å². The molecule has 0 spiro atoms. The van der Waals surface area contributed by atoms with Gasteiger partial charge in [-0.25, -0.2) is 9.78 Å². The van der Waals surface area contributed by atoms with E-state index in [-0.39, 0.29) is 37.3 Å². The maximum atomic E-state index is 14.7. The number of pyridine rings is 1. The highest BCUT2D eigenvalue weighted by atomic mass is 16.7. The second kappa shape index (κ2) is 18.6. The van der Waals surface area contributed by atoms with Crippen LogP contribution in [-0.2, 0) is 44.6 Å². The Morgan fingerprint density at radius 2 is 1.72 bits per heavy atom. The number of cyclic esters (lactones) is 1. The first kappa shape index (κ1) is 45.3. The van der Waals surface area contributed by atoms with Gasteiger partial charge in [-0.1, -0.05) is 27.7 Å². The predicted molar refractivity (Wildman–Crippen MR) is 212 cm³/mol. The third-order valence-electron chi connectivity index (χ3n) is 12.7. The molecule has 0 radical (unpaired) electrons. The highest BCUT2D eigenvalue weighted by Crippen LogP contribution is 2.43. The van der Waals surface area contributed by atoms with Crippen molar-refractivity contribution in [2.75, 3.05) is 27.7 Å². The fourth-order valence-corrected chi connectivity index (χ4v) is 9.29. The molecule has 3 fully saturated rings. The van der Waals surface area contributed by atoms with Gasteiger partial charge in [0.2, 0.25) is 0 Å². The molecule has 13 atom stereocenters. The lowest BCUT2D eigenvalue weighted by Gasteiger charge is -2.47. The summed E-state index contributed by atoms with van der Waals surface area (Å²) in [4.78, 5) is 68.8. The van der Waals surface area contributed by atoms with Crippen LogP contribution in [0.3, 0.4) is 0 Å². The summed E-state index contributed by atoms with van der Waals surface area (Å²) < 4.78 is 32.9. The number of Topliss-reactive ketones (excluding diaryl/α,β-unsaturated/α-hetero) is 2. The summed E-state index contributed by atoms with van der Waals surface area (Å²) in [7, 11) is 5.23. The number of nitrogens with zero attached hydrogens (tertiary/aromatic N) is 6. The van der Waals surface area contributed by atoms with Crippen LogP contribution in [0.15, 0.2) is 30.9 Å². The lowest BCUT2D eigenvalue weighted by Crippen LogP contribution is -2.60. The van der Waals surface area contributed by atoms with Crippen LogP contribution in [0, 0.1) is 23.7 Å². The average molecular weight is 813 g/mol. The van der Waals surface area contributed by atoms with Gasteiger partial charge in [-0.2, -0.15) is 5.10 Å². The van der Waals surface area contributed by atoms with Crippen molar-refractivity contribution >= 4 is 23.6 Å². The number of aliphatic hydroxyl groups is 1. The van der Waals surface area contributed by atoms with Gasteiger partial charge in [-0.3, -0.25) is 24.0 Å². The zero-order valence-electron chi connectivity index (χ0n) is 36.0. The summed E-state index contributed by atoms with van der Waals surface area (Å²) in [5, 5.41) is 16.0. The number of methoxy groups -OCH3 is 1. The standard InChI is InChI=1S/C42H64N6O10/c1-12-31-42(8)35(48(40(53)58-42)19-14-13-18-47-23-44-37(45-47)29-16-15-17-43-22-29)26(4)32(49)24(2)21-41(7,54-11)36(27(5)33(50)28(6)38(52)56-31)57-39-34(51)30(46(9)10)20-25(3)55-39/h15-17,22-28,30-31,34-36,39,51H,12-14,18-21H2,1-11H3/t24-,25-,26+,27+,28-,30+,31?,34-,35-,36-,39+,41-,42-/m1/s1. The van der Waals surface area contributed by atoms with Crippen molar-refractivity contribution in [3.63, 3.8) is 0 Å². The van der Waals surface area contributed by atoms with Crippen LogP contribution in [0.1, 0.15) is 87.5 Å². The number of ketones is 2. The van der Waals surface area contributed by atoms with Crippen molar-refractivity contribution in [1.29, 1.82) is 0 Å². The molecule has 0 saturated carbocycles. The van der Waals surface area contributed by atoms with Crippen LogP contribution in [0.4, 0.5) is 4.79 Å². The van der Waals surface area contributed by atoms with Crippen LogP contribution >= 0.6 is 0 Å². The molecular formula is C42H64N6O10. The molecule has 1 N–H and O–H groups in total. The minimum absolute atomic E-state index is 0.123. The van der Waals surface area contributed by atoms with Gasteiger partial charge in [0.15, 0.2) is 23.5 Å². The van der Waals surface area contributed by atoms with Gasteiger partial charge in [0, 0.05) is 62.0 Å². The molecule has 3 saturated heterocycles. The van der Waals surface area contributed by atoms with E-state index in [1.807, 2.05) is 45.0 Å². The summed E-state index contributed by atoms with van der Waals surface area (Å²) in [6, 6.07) is 2.62. The number of carbonyl (C=O) groups excluding carboxylic acids is 4. The number of ether oxygens (including phenoxy) is 5. The number of aliphatic hydroxyl groups excluding tert-OH is 1. The smallest absolute Gasteiger partial charge is 0.410 e. The summed E-state index contributed by atoms with van der Waals surface area (Å²) in [5.74, 6) is -4.44. The number of rotatable bonds is 11. The molecule has 0 aromatic carbocycles.